The van der Waals surface area contributed by atoms with E-state index in [0.29, 0.717) is 23.6 Å². The number of hydrogen-bond acceptors (Lipinski definition) is 6. The van der Waals surface area contributed by atoms with Crippen molar-refractivity contribution in [2.75, 3.05) is 12.4 Å². The Labute approximate surface area is 235 Å². The Balaban J connectivity index is 1.57. The molecule has 212 valence electrons. The molecule has 0 unspecified atom stereocenters. The second kappa shape index (κ2) is 13.8. The average Bonchev–Trinajstić information content (AvgIpc) is 2.88. The smallest absolute Gasteiger partial charge is 0.328 e. The van der Waals surface area contributed by atoms with Crippen LogP contribution >= 0.6 is 11.6 Å². The second-order valence-electron chi connectivity index (χ2n) is 10.0. The summed E-state index contributed by atoms with van der Waals surface area (Å²) in [6.07, 6.45) is 6.10. The van der Waals surface area contributed by atoms with Gasteiger partial charge in [-0.1, -0.05) is 56.8 Å². The van der Waals surface area contributed by atoms with Gasteiger partial charge in [0, 0.05) is 23.4 Å². The predicted octanol–water partition coefficient (Wildman–Crippen LogP) is 5.47. The molecule has 3 N–H and O–H groups in total. The molecule has 1 saturated carbocycles. The van der Waals surface area contributed by atoms with Gasteiger partial charge in [0.1, 0.15) is 0 Å². The Morgan fingerprint density at radius 3 is 2.33 bits per heavy atom. The monoisotopic (exact) mass is 577 g/mol. The molecule has 0 heterocycles. The highest BCUT2D eigenvalue weighted by Crippen LogP contribution is 2.34. The first kappa shape index (κ1) is 30.4. The number of carbonyl (C=O) groups excluding carboxylic acids is 3. The highest BCUT2D eigenvalue weighted by Gasteiger charge is 2.22. The topological polar surface area (TPSA) is 131 Å². The number of amides is 3. The predicted molar refractivity (Wildman–Crippen MR) is 151 cm³/mol. The van der Waals surface area contributed by atoms with Crippen molar-refractivity contribution < 1.29 is 27.5 Å². The zero-order chi connectivity index (χ0) is 28.6. The summed E-state index contributed by atoms with van der Waals surface area (Å²) < 4.78 is 32.7. The van der Waals surface area contributed by atoms with Gasteiger partial charge in [-0.25, -0.2) is 17.9 Å². The molecule has 3 rings (SSSR count). The number of urea groups is 1. The van der Waals surface area contributed by atoms with Crippen molar-refractivity contribution in [3.8, 4) is 5.75 Å². The van der Waals surface area contributed by atoms with E-state index in [1.165, 1.54) is 25.3 Å². The van der Waals surface area contributed by atoms with Gasteiger partial charge in [0.15, 0.2) is 11.5 Å². The van der Waals surface area contributed by atoms with Crippen LogP contribution in [0.3, 0.4) is 0 Å². The van der Waals surface area contributed by atoms with E-state index in [4.69, 9.17) is 16.3 Å². The molecule has 1 aliphatic carbocycles. The fraction of sp³-hybridized carbons (Fsp3) is 0.464. The average molecular weight is 578 g/mol. The maximum absolute atomic E-state index is 13.0. The normalized spacial score (nSPS) is 14.1. The zero-order valence-corrected chi connectivity index (χ0v) is 24.1. The number of benzene rings is 2. The molecule has 39 heavy (non-hydrogen) atoms. The van der Waals surface area contributed by atoms with Crippen LogP contribution in [0.2, 0.25) is 5.02 Å². The highest BCUT2D eigenvalue weighted by molar-refractivity contribution is 7.90. The van der Waals surface area contributed by atoms with Crippen molar-refractivity contribution in [3.63, 3.8) is 0 Å². The summed E-state index contributed by atoms with van der Waals surface area (Å²) in [5.41, 5.74) is 1.46. The minimum Gasteiger partial charge on any atom is -0.494 e. The second-order valence-corrected chi connectivity index (χ2v) is 12.1. The third-order valence-electron chi connectivity index (χ3n) is 6.61. The Morgan fingerprint density at radius 1 is 1.05 bits per heavy atom. The van der Waals surface area contributed by atoms with Crippen LogP contribution in [0.15, 0.2) is 41.3 Å². The third kappa shape index (κ3) is 8.69. The lowest BCUT2D eigenvalue weighted by Gasteiger charge is -2.22. The van der Waals surface area contributed by atoms with Gasteiger partial charge in [0.2, 0.25) is 5.91 Å². The van der Waals surface area contributed by atoms with Gasteiger partial charge >= 0.3 is 6.03 Å². The van der Waals surface area contributed by atoms with Gasteiger partial charge in [-0.2, -0.15) is 0 Å². The Morgan fingerprint density at radius 2 is 1.72 bits per heavy atom. The summed E-state index contributed by atoms with van der Waals surface area (Å²) in [5.74, 6) is -0.419. The third-order valence-corrected chi connectivity index (χ3v) is 8.18. The number of hydrogen-bond donors (Lipinski definition) is 3. The molecule has 1 fully saturated rings. The molecule has 0 bridgehead atoms. The van der Waals surface area contributed by atoms with E-state index in [-0.39, 0.29) is 46.3 Å². The van der Waals surface area contributed by atoms with E-state index in [0.717, 1.165) is 37.7 Å². The van der Waals surface area contributed by atoms with Gasteiger partial charge < -0.3 is 15.4 Å². The van der Waals surface area contributed by atoms with Crippen molar-refractivity contribution in [1.82, 2.24) is 10.0 Å². The van der Waals surface area contributed by atoms with Crippen LogP contribution in [0.5, 0.6) is 5.75 Å². The quantitative estimate of drug-likeness (QED) is 0.304. The molecule has 1 aliphatic rings. The van der Waals surface area contributed by atoms with E-state index in [9.17, 15) is 22.8 Å². The van der Waals surface area contributed by atoms with Crippen molar-refractivity contribution in [2.24, 2.45) is 5.92 Å². The number of nitrogens with one attached hydrogen (secondary N) is 3. The summed E-state index contributed by atoms with van der Waals surface area (Å²) in [4.78, 5) is 37.3. The molecule has 0 aliphatic heterocycles. The van der Waals surface area contributed by atoms with Crippen molar-refractivity contribution in [3.05, 3.63) is 52.5 Å². The summed E-state index contributed by atoms with van der Waals surface area (Å²) >= 11 is 6.21. The first-order valence-electron chi connectivity index (χ1n) is 13.1. The first-order valence-corrected chi connectivity index (χ1v) is 15.0. The van der Waals surface area contributed by atoms with Crippen LogP contribution in [0.25, 0.3) is 0 Å². The molecule has 11 heteroatoms. The lowest BCUT2D eigenvalue weighted by Crippen LogP contribution is -2.45. The maximum atomic E-state index is 13.0. The molecule has 2 aromatic carbocycles. The van der Waals surface area contributed by atoms with Gasteiger partial charge in [-0.05, 0) is 55.5 Å². The molecule has 0 radical (unpaired) electrons. The number of rotatable bonds is 11. The highest BCUT2D eigenvalue weighted by atomic mass is 35.5. The lowest BCUT2D eigenvalue weighted by atomic mass is 9.96. The number of carbonyl (C=O) groups is 3. The molecular formula is C28H36ClN3O6S. The fourth-order valence-corrected chi connectivity index (χ4v) is 5.59. The summed E-state index contributed by atoms with van der Waals surface area (Å²) in [6.45, 7) is 3.51. The molecule has 0 atom stereocenters. The van der Waals surface area contributed by atoms with E-state index in [2.05, 4.69) is 15.4 Å². The minimum atomic E-state index is -4.00. The largest absolute Gasteiger partial charge is 0.494 e. The molecular weight excluding hydrogens is 542 g/mol. The molecule has 2 aromatic rings. The zero-order valence-electron chi connectivity index (χ0n) is 22.5. The van der Waals surface area contributed by atoms with Gasteiger partial charge in [0.25, 0.3) is 10.0 Å². The van der Waals surface area contributed by atoms with E-state index < -0.39 is 16.1 Å². The van der Waals surface area contributed by atoms with Crippen LogP contribution in [-0.4, -0.2) is 39.3 Å². The van der Waals surface area contributed by atoms with Gasteiger partial charge in [-0.3, -0.25) is 9.59 Å². The Bertz CT molecular complexity index is 1290. The number of sulfonamides is 1. The number of ketones is 1. The van der Waals surface area contributed by atoms with Crippen LogP contribution in [0.4, 0.5) is 10.5 Å². The number of aryl methyl sites for hydroxylation is 1. The van der Waals surface area contributed by atoms with Crippen LogP contribution in [-0.2, 0) is 21.2 Å². The summed E-state index contributed by atoms with van der Waals surface area (Å²) in [7, 11) is -2.57. The van der Waals surface area contributed by atoms with E-state index in [1.54, 1.807) is 32.0 Å². The van der Waals surface area contributed by atoms with Crippen molar-refractivity contribution in [1.29, 1.82) is 0 Å². The number of methoxy groups -OCH3 is 1. The first-order chi connectivity index (χ1) is 18.5. The minimum absolute atomic E-state index is 0.00343. The number of ether oxygens (including phenoxy) is 1. The Kier molecular flexibility index (Phi) is 10.8. The SMILES string of the molecule is COc1c(NC(=O)C(C)C)cc(Cl)cc1C(=O)CCCc1ccc(S(=O)(=O)NC(=O)NC2CCCCC2)cc1. The van der Waals surface area contributed by atoms with E-state index in [1.807, 2.05) is 0 Å². The maximum Gasteiger partial charge on any atom is 0.328 e. The number of Topliss-reactive ketones (excluding diaryl/α,β-unsaturated/α-hetero) is 1. The molecule has 0 saturated heterocycles. The molecule has 3 amide bonds. The molecule has 0 spiro atoms. The van der Waals surface area contributed by atoms with Crippen LogP contribution < -0.4 is 20.1 Å². The van der Waals surface area contributed by atoms with Gasteiger partial charge in [0.05, 0.1) is 23.3 Å². The van der Waals surface area contributed by atoms with Crippen LogP contribution in [0, 0.1) is 5.92 Å². The summed E-state index contributed by atoms with van der Waals surface area (Å²) in [6, 6.07) is 8.56. The Hall–Kier alpha value is -3.11. The van der Waals surface area contributed by atoms with E-state index >= 15 is 0 Å². The molecule has 0 aromatic heterocycles. The number of halogens is 1. The van der Waals surface area contributed by atoms with Gasteiger partial charge in [-0.15, -0.1) is 0 Å². The van der Waals surface area contributed by atoms with Crippen molar-refractivity contribution in [2.45, 2.75) is 76.2 Å². The van der Waals surface area contributed by atoms with Crippen LogP contribution in [0.1, 0.15) is 74.7 Å². The lowest BCUT2D eigenvalue weighted by molar-refractivity contribution is -0.118. The summed E-state index contributed by atoms with van der Waals surface area (Å²) in [5, 5.41) is 5.79. The van der Waals surface area contributed by atoms with Crippen molar-refractivity contribution >= 4 is 45.0 Å². The standard InChI is InChI=1S/C28H36ClN3O6S/c1-18(2)27(34)31-24-17-20(29)16-23(26(24)38-3)25(33)11-7-8-19-12-14-22(15-13-19)39(36,37)32-28(35)30-21-9-5-4-6-10-21/h12-18,21H,4-11H2,1-3H3,(H,31,34)(H2,30,32,35). The number of anilines is 1. The fourth-order valence-electron chi connectivity index (χ4n) is 4.46. The molecule has 9 nitrogen and oxygen atoms in total.